The second kappa shape index (κ2) is 8.19. The molecule has 0 fully saturated rings. The molecule has 8 nitrogen and oxygen atoms in total. The summed E-state index contributed by atoms with van der Waals surface area (Å²) in [6.07, 6.45) is 0.852. The Balaban J connectivity index is 2.28. The van der Waals surface area contributed by atoms with E-state index < -0.39 is 27.1 Å². The second-order valence-electron chi connectivity index (χ2n) is 6.02. The Labute approximate surface area is 157 Å². The lowest BCUT2D eigenvalue weighted by molar-refractivity contribution is -0.136. The lowest BCUT2D eigenvalue weighted by Gasteiger charge is -2.19. The Bertz CT molecular complexity index is 942. The highest BCUT2D eigenvalue weighted by atomic mass is 32.2. The van der Waals surface area contributed by atoms with Gasteiger partial charge in [-0.05, 0) is 28.8 Å². The maximum atomic E-state index is 11.7. The fraction of sp³-hybridized carbons (Fsp3) is 0.222. The number of carboxylic acids is 1. The third-order valence-electron chi connectivity index (χ3n) is 4.01. The van der Waals surface area contributed by atoms with Crippen LogP contribution in [0.4, 0.5) is 10.5 Å². The van der Waals surface area contributed by atoms with Crippen LogP contribution in [0.15, 0.2) is 48.5 Å². The molecular formula is C18H21N3O5S. The van der Waals surface area contributed by atoms with Crippen LogP contribution >= 0.6 is 0 Å². The Hall–Kier alpha value is -2.91. The average molecular weight is 391 g/mol. The number of benzene rings is 2. The van der Waals surface area contributed by atoms with Crippen molar-refractivity contribution in [1.82, 2.24) is 5.32 Å². The molecular weight excluding hydrogens is 370 g/mol. The standard InChI is InChI=1S/C18H21N3O5S/c1-20-18(24)21-14-5-3-4-13(10-14)11-6-8-12(9-7-11)15(19)16(17(22)23)27(2,25)26/h3-10,15-16H,19H2,1-2H3,(H,22,23)(H2,20,21,24)/t15?,16-/m0/s1. The summed E-state index contributed by atoms with van der Waals surface area (Å²) in [5.74, 6) is -1.48. The van der Waals surface area contributed by atoms with Crippen molar-refractivity contribution in [1.29, 1.82) is 0 Å². The molecule has 0 radical (unpaired) electrons. The van der Waals surface area contributed by atoms with Crippen molar-refractivity contribution in [2.45, 2.75) is 11.3 Å². The van der Waals surface area contributed by atoms with Gasteiger partial charge in [0.15, 0.2) is 15.1 Å². The molecule has 1 unspecified atom stereocenters. The molecule has 0 aromatic heterocycles. The number of anilines is 1. The number of carbonyl (C=O) groups excluding carboxylic acids is 1. The summed E-state index contributed by atoms with van der Waals surface area (Å²) < 4.78 is 23.5. The molecule has 2 rings (SSSR count). The van der Waals surface area contributed by atoms with Gasteiger partial charge in [-0.1, -0.05) is 36.4 Å². The largest absolute Gasteiger partial charge is 0.480 e. The first kappa shape index (κ1) is 20.4. The molecule has 9 heteroatoms. The maximum Gasteiger partial charge on any atom is 0.323 e. The van der Waals surface area contributed by atoms with Crippen LogP contribution in [-0.4, -0.2) is 44.1 Å². The van der Waals surface area contributed by atoms with Crippen LogP contribution in [-0.2, 0) is 14.6 Å². The Morgan fingerprint density at radius 1 is 1.07 bits per heavy atom. The Morgan fingerprint density at radius 2 is 1.70 bits per heavy atom. The number of urea groups is 1. The molecule has 27 heavy (non-hydrogen) atoms. The van der Waals surface area contributed by atoms with Crippen LogP contribution in [0.3, 0.4) is 0 Å². The van der Waals surface area contributed by atoms with E-state index in [9.17, 15) is 23.1 Å². The maximum absolute atomic E-state index is 11.7. The number of carbonyl (C=O) groups is 2. The lowest BCUT2D eigenvalue weighted by atomic mass is 9.99. The smallest absolute Gasteiger partial charge is 0.323 e. The summed E-state index contributed by atoms with van der Waals surface area (Å²) in [4.78, 5) is 22.7. The summed E-state index contributed by atoms with van der Waals surface area (Å²) >= 11 is 0. The Kier molecular flexibility index (Phi) is 6.19. The highest BCUT2D eigenvalue weighted by molar-refractivity contribution is 7.92. The molecule has 5 N–H and O–H groups in total. The zero-order chi connectivity index (χ0) is 20.2. The quantitative estimate of drug-likeness (QED) is 0.590. The van der Waals surface area contributed by atoms with Crippen molar-refractivity contribution in [2.75, 3.05) is 18.6 Å². The fourth-order valence-corrected chi connectivity index (χ4v) is 3.70. The van der Waals surface area contributed by atoms with E-state index >= 15 is 0 Å². The number of carboxylic acid groups (broad SMARTS) is 1. The summed E-state index contributed by atoms with van der Waals surface area (Å²) in [5.41, 5.74) is 8.53. The molecule has 0 aliphatic carbocycles. The van der Waals surface area contributed by atoms with E-state index in [1.165, 1.54) is 7.05 Å². The van der Waals surface area contributed by atoms with Crippen LogP contribution in [0.2, 0.25) is 0 Å². The third-order valence-corrected chi connectivity index (χ3v) is 5.42. The summed E-state index contributed by atoms with van der Waals surface area (Å²) in [6.45, 7) is 0. The predicted molar refractivity (Wildman–Crippen MR) is 103 cm³/mol. The van der Waals surface area contributed by atoms with E-state index in [4.69, 9.17) is 5.73 Å². The number of sulfone groups is 1. The molecule has 0 saturated carbocycles. The number of aliphatic carboxylic acids is 1. The lowest BCUT2D eigenvalue weighted by Crippen LogP contribution is -2.39. The minimum atomic E-state index is -3.86. The molecule has 0 spiro atoms. The molecule has 0 bridgehead atoms. The molecule has 2 aromatic rings. The monoisotopic (exact) mass is 391 g/mol. The van der Waals surface area contributed by atoms with Crippen LogP contribution in [0.1, 0.15) is 11.6 Å². The van der Waals surface area contributed by atoms with Crippen molar-refractivity contribution < 1.29 is 23.1 Å². The van der Waals surface area contributed by atoms with Gasteiger partial charge in [0.2, 0.25) is 0 Å². The predicted octanol–water partition coefficient (Wildman–Crippen LogP) is 1.60. The normalized spacial score (nSPS) is 13.4. The molecule has 2 aromatic carbocycles. The van der Waals surface area contributed by atoms with Gasteiger partial charge in [0, 0.05) is 19.0 Å². The van der Waals surface area contributed by atoms with Gasteiger partial charge in [0.1, 0.15) is 0 Å². The number of hydrogen-bond donors (Lipinski definition) is 4. The Morgan fingerprint density at radius 3 is 2.22 bits per heavy atom. The summed E-state index contributed by atoms with van der Waals surface area (Å²) in [6, 6.07) is 12.3. The number of amides is 2. The highest BCUT2D eigenvalue weighted by Gasteiger charge is 2.35. The zero-order valence-electron chi connectivity index (χ0n) is 14.8. The second-order valence-corrected chi connectivity index (χ2v) is 8.19. The fourth-order valence-electron chi connectivity index (χ4n) is 2.65. The highest BCUT2D eigenvalue weighted by Crippen LogP contribution is 2.26. The van der Waals surface area contributed by atoms with Crippen LogP contribution < -0.4 is 16.4 Å². The minimum Gasteiger partial charge on any atom is -0.480 e. The minimum absolute atomic E-state index is 0.339. The molecule has 0 saturated heterocycles. The van der Waals surface area contributed by atoms with Gasteiger partial charge >= 0.3 is 12.0 Å². The molecule has 0 aliphatic heterocycles. The van der Waals surface area contributed by atoms with E-state index in [0.29, 0.717) is 11.3 Å². The molecule has 2 atom stereocenters. The number of rotatable bonds is 6. The average Bonchev–Trinajstić information content (AvgIpc) is 2.60. The van der Waals surface area contributed by atoms with Crippen molar-refractivity contribution in [2.24, 2.45) is 5.73 Å². The first-order valence-corrected chi connectivity index (χ1v) is 9.95. The third kappa shape index (κ3) is 5.05. The van der Waals surface area contributed by atoms with Gasteiger partial charge in [-0.15, -0.1) is 0 Å². The number of nitrogens with two attached hydrogens (primary N) is 1. The van der Waals surface area contributed by atoms with E-state index in [1.54, 1.807) is 42.5 Å². The molecule has 0 aliphatic rings. The van der Waals surface area contributed by atoms with Gasteiger partial charge < -0.3 is 21.5 Å². The molecule has 0 heterocycles. The van der Waals surface area contributed by atoms with Crippen molar-refractivity contribution >= 4 is 27.5 Å². The van der Waals surface area contributed by atoms with Gasteiger partial charge in [-0.3, -0.25) is 4.79 Å². The van der Waals surface area contributed by atoms with Gasteiger partial charge in [0.25, 0.3) is 0 Å². The SMILES string of the molecule is CNC(=O)Nc1cccc(-c2ccc(C(N)[C@@H](C(=O)O)S(C)(=O)=O)cc2)c1. The summed E-state index contributed by atoms with van der Waals surface area (Å²) in [7, 11) is -2.35. The van der Waals surface area contributed by atoms with E-state index in [0.717, 1.165) is 17.4 Å². The van der Waals surface area contributed by atoms with Crippen molar-refractivity contribution in [3.63, 3.8) is 0 Å². The molecule has 144 valence electrons. The van der Waals surface area contributed by atoms with Gasteiger partial charge in [-0.25, -0.2) is 13.2 Å². The zero-order valence-corrected chi connectivity index (χ0v) is 15.7. The van der Waals surface area contributed by atoms with Crippen molar-refractivity contribution in [3.05, 3.63) is 54.1 Å². The summed E-state index contributed by atoms with van der Waals surface area (Å²) in [5, 5.41) is 12.6. The van der Waals surface area contributed by atoms with Crippen LogP contribution in [0.5, 0.6) is 0 Å². The van der Waals surface area contributed by atoms with Crippen molar-refractivity contribution in [3.8, 4) is 11.1 Å². The van der Waals surface area contributed by atoms with E-state index in [1.807, 2.05) is 6.07 Å². The topological polar surface area (TPSA) is 139 Å². The molecule has 2 amide bonds. The van der Waals surface area contributed by atoms with Gasteiger partial charge in [0.05, 0.1) is 6.04 Å². The van der Waals surface area contributed by atoms with Gasteiger partial charge in [-0.2, -0.15) is 0 Å². The van der Waals surface area contributed by atoms with E-state index in [2.05, 4.69) is 10.6 Å². The van der Waals surface area contributed by atoms with Crippen LogP contribution in [0, 0.1) is 0 Å². The first-order chi connectivity index (χ1) is 12.6. The first-order valence-electron chi connectivity index (χ1n) is 8.00. The van der Waals surface area contributed by atoms with E-state index in [-0.39, 0.29) is 6.03 Å². The number of nitrogens with one attached hydrogen (secondary N) is 2. The number of hydrogen-bond acceptors (Lipinski definition) is 5. The van der Waals surface area contributed by atoms with Crippen LogP contribution in [0.25, 0.3) is 11.1 Å².